The van der Waals surface area contributed by atoms with E-state index in [1.807, 2.05) is 4.57 Å². The Kier molecular flexibility index (Phi) is 4.38. The Morgan fingerprint density at radius 3 is 2.54 bits per heavy atom. The van der Waals surface area contributed by atoms with Crippen LogP contribution >= 0.6 is 0 Å². The minimum Gasteiger partial charge on any atom is -0.478 e. The Bertz CT molecular complexity index is 814. The van der Waals surface area contributed by atoms with Gasteiger partial charge in [0, 0.05) is 50.0 Å². The van der Waals surface area contributed by atoms with Crippen molar-refractivity contribution in [3.05, 3.63) is 22.5 Å². The fourth-order valence-electron chi connectivity index (χ4n) is 3.75. The molecule has 3 heterocycles. The molecule has 2 N–H and O–H groups in total. The van der Waals surface area contributed by atoms with Crippen LogP contribution in [0.5, 0.6) is 0 Å². The Balaban J connectivity index is 2.00. The van der Waals surface area contributed by atoms with Gasteiger partial charge in [-0.05, 0) is 12.8 Å². The fourth-order valence-corrected chi connectivity index (χ4v) is 4.63. The Morgan fingerprint density at radius 1 is 1.33 bits per heavy atom. The zero-order chi connectivity index (χ0) is 17.5. The molecule has 9 heteroatoms. The van der Waals surface area contributed by atoms with Crippen LogP contribution in [0.4, 0.5) is 0 Å². The van der Waals surface area contributed by atoms with E-state index < -0.39 is 16.0 Å². The molecule has 0 saturated carbocycles. The molecular formula is C15H20N4O4S. The van der Waals surface area contributed by atoms with Crippen LogP contribution in [-0.4, -0.2) is 54.3 Å². The van der Waals surface area contributed by atoms with E-state index >= 15 is 0 Å². The van der Waals surface area contributed by atoms with Gasteiger partial charge in [-0.1, -0.05) is 0 Å². The van der Waals surface area contributed by atoms with Crippen molar-refractivity contribution in [2.75, 3.05) is 25.9 Å². The van der Waals surface area contributed by atoms with E-state index in [0.29, 0.717) is 44.7 Å². The van der Waals surface area contributed by atoms with Crippen LogP contribution in [0.1, 0.15) is 46.1 Å². The number of hydrogen-bond donors (Lipinski definition) is 2. The summed E-state index contributed by atoms with van der Waals surface area (Å²) in [5.74, 6) is -1.08. The molecule has 1 aromatic heterocycles. The standard InChI is InChI=1S/C15H20N4O4S/c1-24(22,23)18-5-2-10(3-6-18)14-11(8-16)13(15(20)21)12-9-17-4-7-19(12)14/h10,17H,2-7,9H2,1H3,(H,20,21). The first-order valence-corrected chi connectivity index (χ1v) is 9.74. The maximum atomic E-state index is 11.7. The van der Waals surface area contributed by atoms with Crippen LogP contribution in [0.2, 0.25) is 0 Å². The molecule has 1 saturated heterocycles. The summed E-state index contributed by atoms with van der Waals surface area (Å²) in [6.45, 7) is 2.57. The number of carboxylic acid groups (broad SMARTS) is 1. The van der Waals surface area contributed by atoms with E-state index in [2.05, 4.69) is 11.4 Å². The Morgan fingerprint density at radius 2 is 2.00 bits per heavy atom. The summed E-state index contributed by atoms with van der Waals surface area (Å²) in [5.41, 5.74) is 1.73. The summed E-state index contributed by atoms with van der Waals surface area (Å²) < 4.78 is 26.7. The van der Waals surface area contributed by atoms with Crippen molar-refractivity contribution in [3.63, 3.8) is 0 Å². The van der Waals surface area contributed by atoms with Crippen LogP contribution in [0, 0.1) is 11.3 Å². The molecule has 0 unspecified atom stereocenters. The topological polar surface area (TPSA) is 115 Å². The number of hydrogen-bond acceptors (Lipinski definition) is 5. The lowest BCUT2D eigenvalue weighted by atomic mass is 9.91. The Hall–Kier alpha value is -1.89. The highest BCUT2D eigenvalue weighted by atomic mass is 32.2. The van der Waals surface area contributed by atoms with Crippen LogP contribution < -0.4 is 5.32 Å². The summed E-state index contributed by atoms with van der Waals surface area (Å²) in [4.78, 5) is 11.7. The second-order valence-electron chi connectivity index (χ2n) is 6.26. The number of fused-ring (bicyclic) bond motifs is 1. The molecule has 24 heavy (non-hydrogen) atoms. The second-order valence-corrected chi connectivity index (χ2v) is 8.25. The van der Waals surface area contributed by atoms with Gasteiger partial charge in [-0.25, -0.2) is 17.5 Å². The molecule has 1 fully saturated rings. The SMILES string of the molecule is CS(=O)(=O)N1CCC(c2c(C#N)c(C(=O)O)c3n2CCNC3)CC1. The monoisotopic (exact) mass is 352 g/mol. The highest BCUT2D eigenvalue weighted by molar-refractivity contribution is 7.88. The number of nitriles is 1. The van der Waals surface area contributed by atoms with Gasteiger partial charge in [0.15, 0.2) is 0 Å². The van der Waals surface area contributed by atoms with Crippen molar-refractivity contribution in [2.24, 2.45) is 0 Å². The predicted octanol–water partition coefficient (Wildman–Crippen LogP) is 0.300. The summed E-state index contributed by atoms with van der Waals surface area (Å²) in [6.07, 6.45) is 2.39. The van der Waals surface area contributed by atoms with Gasteiger partial charge in [0.25, 0.3) is 0 Å². The summed E-state index contributed by atoms with van der Waals surface area (Å²) in [5, 5.41) is 22.2. The molecule has 2 aliphatic heterocycles. The number of rotatable bonds is 3. The molecule has 3 rings (SSSR count). The number of carbonyl (C=O) groups is 1. The molecule has 2 aliphatic rings. The molecule has 8 nitrogen and oxygen atoms in total. The van der Waals surface area contributed by atoms with Gasteiger partial charge >= 0.3 is 5.97 Å². The van der Waals surface area contributed by atoms with Crippen LogP contribution in [0.3, 0.4) is 0 Å². The third kappa shape index (κ3) is 2.81. The van der Waals surface area contributed by atoms with Crippen molar-refractivity contribution in [3.8, 4) is 6.07 Å². The van der Waals surface area contributed by atoms with Crippen molar-refractivity contribution < 1.29 is 18.3 Å². The smallest absolute Gasteiger partial charge is 0.338 e. The van der Waals surface area contributed by atoms with Crippen LogP contribution in [0.25, 0.3) is 0 Å². The molecule has 0 spiro atoms. The van der Waals surface area contributed by atoms with Gasteiger partial charge in [0.2, 0.25) is 10.0 Å². The molecule has 0 radical (unpaired) electrons. The third-order valence-electron chi connectivity index (χ3n) is 4.85. The van der Waals surface area contributed by atoms with Crippen molar-refractivity contribution in [1.82, 2.24) is 14.2 Å². The second kappa shape index (κ2) is 6.20. The number of sulfonamides is 1. The van der Waals surface area contributed by atoms with Crippen LogP contribution in [0.15, 0.2) is 0 Å². The Labute approximate surface area is 140 Å². The molecule has 0 aliphatic carbocycles. The van der Waals surface area contributed by atoms with Gasteiger partial charge in [0.05, 0.1) is 17.4 Å². The number of aromatic carboxylic acids is 1. The normalized spacial score (nSPS) is 19.7. The zero-order valence-corrected chi connectivity index (χ0v) is 14.3. The van der Waals surface area contributed by atoms with Crippen molar-refractivity contribution in [2.45, 2.75) is 31.8 Å². The van der Waals surface area contributed by atoms with E-state index in [9.17, 15) is 23.6 Å². The maximum absolute atomic E-state index is 11.7. The van der Waals surface area contributed by atoms with Gasteiger partial charge in [-0.2, -0.15) is 5.26 Å². The summed E-state index contributed by atoms with van der Waals surface area (Å²) in [6, 6.07) is 2.08. The van der Waals surface area contributed by atoms with E-state index in [4.69, 9.17) is 0 Å². The number of piperidine rings is 1. The number of aromatic nitrogens is 1. The quantitative estimate of drug-likeness (QED) is 0.808. The minimum absolute atomic E-state index is 0.00241. The predicted molar refractivity (Wildman–Crippen MR) is 86.2 cm³/mol. The van der Waals surface area contributed by atoms with Gasteiger partial charge in [0.1, 0.15) is 6.07 Å². The van der Waals surface area contributed by atoms with E-state index in [1.165, 1.54) is 10.6 Å². The highest BCUT2D eigenvalue weighted by Crippen LogP contribution is 2.36. The van der Waals surface area contributed by atoms with Crippen molar-refractivity contribution in [1.29, 1.82) is 5.26 Å². The van der Waals surface area contributed by atoms with Gasteiger partial charge < -0.3 is 15.0 Å². The van der Waals surface area contributed by atoms with E-state index in [1.54, 1.807) is 0 Å². The van der Waals surface area contributed by atoms with E-state index in [-0.39, 0.29) is 17.0 Å². The first-order valence-electron chi connectivity index (χ1n) is 7.89. The van der Waals surface area contributed by atoms with Gasteiger partial charge in [-0.15, -0.1) is 0 Å². The molecule has 1 aromatic rings. The average Bonchev–Trinajstić information content (AvgIpc) is 2.88. The lowest BCUT2D eigenvalue weighted by Crippen LogP contribution is -2.38. The van der Waals surface area contributed by atoms with E-state index in [0.717, 1.165) is 12.2 Å². The number of nitrogens with zero attached hydrogens (tertiary/aromatic N) is 3. The molecule has 130 valence electrons. The minimum atomic E-state index is -3.22. The molecule has 0 amide bonds. The van der Waals surface area contributed by atoms with Crippen molar-refractivity contribution >= 4 is 16.0 Å². The lowest BCUT2D eigenvalue weighted by molar-refractivity contribution is 0.0694. The average molecular weight is 352 g/mol. The molecule has 0 aromatic carbocycles. The fraction of sp³-hybridized carbons (Fsp3) is 0.600. The number of nitrogens with one attached hydrogen (secondary N) is 1. The molecular weight excluding hydrogens is 332 g/mol. The summed E-state index contributed by atoms with van der Waals surface area (Å²) in [7, 11) is -3.22. The largest absolute Gasteiger partial charge is 0.478 e. The molecule has 0 bridgehead atoms. The maximum Gasteiger partial charge on any atom is 0.338 e. The number of carboxylic acids is 1. The highest BCUT2D eigenvalue weighted by Gasteiger charge is 2.34. The third-order valence-corrected chi connectivity index (χ3v) is 6.15. The summed E-state index contributed by atoms with van der Waals surface area (Å²) >= 11 is 0. The van der Waals surface area contributed by atoms with Crippen LogP contribution in [-0.2, 0) is 23.1 Å². The zero-order valence-electron chi connectivity index (χ0n) is 13.4. The molecule has 0 atom stereocenters. The first-order chi connectivity index (χ1) is 11.3. The first kappa shape index (κ1) is 17.0. The lowest BCUT2D eigenvalue weighted by Gasteiger charge is -2.32. The van der Waals surface area contributed by atoms with Gasteiger partial charge in [-0.3, -0.25) is 0 Å².